The van der Waals surface area contributed by atoms with E-state index < -0.39 is 53.7 Å². The van der Waals surface area contributed by atoms with E-state index in [4.69, 9.17) is 36.7 Å². The van der Waals surface area contributed by atoms with Crippen LogP contribution < -0.4 is 52.7 Å². The minimum absolute atomic E-state index is 0.00208. The van der Waals surface area contributed by atoms with Crippen molar-refractivity contribution in [3.63, 3.8) is 0 Å². The molecule has 0 fully saturated rings. The molecule has 19 nitrogen and oxygen atoms in total. The van der Waals surface area contributed by atoms with E-state index in [2.05, 4.69) is 31.2 Å². The van der Waals surface area contributed by atoms with E-state index in [0.717, 1.165) is 0 Å². The molecule has 0 unspecified atom stereocenters. The van der Waals surface area contributed by atoms with Gasteiger partial charge in [0.15, 0.2) is 5.82 Å². The van der Waals surface area contributed by atoms with Gasteiger partial charge in [0.25, 0.3) is 5.91 Å². The van der Waals surface area contributed by atoms with Crippen molar-refractivity contribution in [1.29, 1.82) is 5.26 Å². The Bertz CT molecular complexity index is 2430. The van der Waals surface area contributed by atoms with Crippen molar-refractivity contribution in [1.82, 2.24) is 36.1 Å². The lowest BCUT2D eigenvalue weighted by atomic mass is 9.93. The number of aryl methyl sites for hydroxylation is 1. The van der Waals surface area contributed by atoms with E-state index in [0.29, 0.717) is 56.6 Å². The largest absolute Gasteiger partial charge is 0.492 e. The summed E-state index contributed by atoms with van der Waals surface area (Å²) >= 11 is 0. The third-order valence-corrected chi connectivity index (χ3v) is 10.4. The third kappa shape index (κ3) is 12.8. The number of ether oxygens (including phenoxy) is 3. The molecule has 0 saturated heterocycles. The maximum Gasteiger partial charge on any atom is 0.255 e. The van der Waals surface area contributed by atoms with Gasteiger partial charge in [-0.2, -0.15) is 5.26 Å². The van der Waals surface area contributed by atoms with Gasteiger partial charge in [0, 0.05) is 49.4 Å². The lowest BCUT2D eigenvalue weighted by Gasteiger charge is -2.32. The first-order valence-corrected chi connectivity index (χ1v) is 21.6. The highest BCUT2D eigenvalue weighted by molar-refractivity contribution is 6.00. The van der Waals surface area contributed by atoms with Crippen molar-refractivity contribution in [2.75, 3.05) is 46.4 Å². The van der Waals surface area contributed by atoms with Crippen LogP contribution in [0, 0.1) is 18.3 Å². The Morgan fingerprint density at radius 1 is 0.924 bits per heavy atom. The molecule has 10 N–H and O–H groups in total. The average Bonchev–Trinajstić information content (AvgIpc) is 3.28. The second-order valence-corrected chi connectivity index (χ2v) is 16.6. The zero-order valence-electron chi connectivity index (χ0n) is 38.1. The van der Waals surface area contributed by atoms with Crippen LogP contribution in [-0.4, -0.2) is 115 Å². The SMILES string of the molecule is Cc1nc(-c2ccc(OC(C)(C)C)cc2)ncc1C(=O)N[C@@H](CCN)C(=O)N(C)[C@@H]1C(=O)N[C@@H](C)C(=O)N[C@H](C(=O)NCC#N)Cc2ccc(OCCN)c(c2)-c2cc1ccc2OCCN. The number of rotatable bonds is 16. The smallest absolute Gasteiger partial charge is 0.255 e. The number of nitrogens with zero attached hydrogens (tertiary/aromatic N) is 4. The van der Waals surface area contributed by atoms with Crippen molar-refractivity contribution >= 4 is 29.5 Å². The first-order chi connectivity index (χ1) is 31.5. The molecule has 4 bridgehead atoms. The number of hydrogen-bond acceptors (Lipinski definition) is 14. The number of nitrogens with two attached hydrogens (primary N) is 3. The number of aromatic nitrogens is 2. The third-order valence-electron chi connectivity index (χ3n) is 10.4. The Balaban J connectivity index is 1.54. The summed E-state index contributed by atoms with van der Waals surface area (Å²) in [7, 11) is 1.40. The molecule has 0 radical (unpaired) electrons. The van der Waals surface area contributed by atoms with Gasteiger partial charge in [-0.3, -0.25) is 24.0 Å². The minimum atomic E-state index is -1.41. The summed E-state index contributed by atoms with van der Waals surface area (Å²) in [6.07, 6.45) is 1.37. The van der Waals surface area contributed by atoms with Gasteiger partial charge in [-0.1, -0.05) is 12.1 Å². The molecule has 0 saturated carbocycles. The fraction of sp³-hybridized carbons (Fsp3) is 0.404. The van der Waals surface area contributed by atoms with Crippen LogP contribution in [0.5, 0.6) is 17.2 Å². The van der Waals surface area contributed by atoms with Gasteiger partial charge >= 0.3 is 0 Å². The van der Waals surface area contributed by atoms with Gasteiger partial charge in [0.05, 0.1) is 17.3 Å². The quantitative estimate of drug-likeness (QED) is 0.0790. The highest BCUT2D eigenvalue weighted by Crippen LogP contribution is 2.40. The normalized spacial score (nSPS) is 16.6. The second-order valence-electron chi connectivity index (χ2n) is 16.6. The summed E-state index contributed by atoms with van der Waals surface area (Å²) in [5.74, 6) is -1.59. The first kappa shape index (κ1) is 49.9. The van der Waals surface area contributed by atoms with Crippen LogP contribution in [0.3, 0.4) is 0 Å². The molecule has 4 aromatic rings. The van der Waals surface area contributed by atoms with Crippen molar-refractivity contribution in [2.24, 2.45) is 17.2 Å². The van der Waals surface area contributed by atoms with Crippen molar-refractivity contribution in [3.05, 3.63) is 89.2 Å². The Morgan fingerprint density at radius 2 is 1.58 bits per heavy atom. The first-order valence-electron chi connectivity index (χ1n) is 21.6. The molecule has 2 heterocycles. The number of hydrogen-bond donors (Lipinski definition) is 7. The van der Waals surface area contributed by atoms with Crippen LogP contribution >= 0.6 is 0 Å². The molecule has 4 atom stereocenters. The molecule has 1 aliphatic rings. The predicted octanol–water partition coefficient (Wildman–Crippen LogP) is 1.80. The van der Waals surface area contributed by atoms with Crippen molar-refractivity contribution in [2.45, 2.75) is 77.2 Å². The van der Waals surface area contributed by atoms with Crippen LogP contribution in [0.2, 0.25) is 0 Å². The highest BCUT2D eigenvalue weighted by Gasteiger charge is 2.36. The van der Waals surface area contributed by atoms with E-state index in [1.54, 1.807) is 43.3 Å². The molecule has 19 heteroatoms. The molecule has 0 spiro atoms. The number of nitriles is 1. The van der Waals surface area contributed by atoms with Gasteiger partial charge in [-0.05, 0) is 107 Å². The Kier molecular flexibility index (Phi) is 17.1. The minimum Gasteiger partial charge on any atom is -0.492 e. The molecule has 350 valence electrons. The number of carbonyl (C=O) groups is 5. The van der Waals surface area contributed by atoms with Gasteiger partial charge in [-0.25, -0.2) is 9.97 Å². The van der Waals surface area contributed by atoms with E-state index >= 15 is 0 Å². The Morgan fingerprint density at radius 3 is 2.18 bits per heavy atom. The molecular weight excluding hydrogens is 847 g/mol. The van der Waals surface area contributed by atoms with E-state index in [1.165, 1.54) is 25.1 Å². The zero-order chi connectivity index (χ0) is 48.1. The van der Waals surface area contributed by atoms with E-state index in [-0.39, 0.29) is 63.4 Å². The van der Waals surface area contributed by atoms with E-state index in [1.807, 2.05) is 51.1 Å². The van der Waals surface area contributed by atoms with Crippen LogP contribution in [-0.2, 0) is 25.6 Å². The summed E-state index contributed by atoms with van der Waals surface area (Å²) in [5.41, 5.74) is 20.3. The molecule has 0 aliphatic carbocycles. The molecule has 3 aromatic carbocycles. The average molecular weight is 906 g/mol. The molecule has 5 rings (SSSR count). The summed E-state index contributed by atoms with van der Waals surface area (Å²) in [5, 5.41) is 19.8. The highest BCUT2D eigenvalue weighted by atomic mass is 16.5. The molecular formula is C47H59N11O8. The van der Waals surface area contributed by atoms with Crippen LogP contribution in [0.4, 0.5) is 0 Å². The van der Waals surface area contributed by atoms with Crippen molar-refractivity contribution < 1.29 is 38.2 Å². The summed E-state index contributed by atoms with van der Waals surface area (Å²) < 4.78 is 18.1. The summed E-state index contributed by atoms with van der Waals surface area (Å²) in [4.78, 5) is 80.3. The number of carbonyl (C=O) groups excluding carboxylic acids is 5. The number of likely N-dealkylation sites (N-methyl/N-ethyl adjacent to an activating group) is 1. The summed E-state index contributed by atoms with van der Waals surface area (Å²) in [6.45, 7) is 9.28. The fourth-order valence-electron chi connectivity index (χ4n) is 7.22. The Hall–Kier alpha value is -7.14. The van der Waals surface area contributed by atoms with Crippen molar-refractivity contribution in [3.8, 4) is 45.8 Å². The molecule has 5 amide bonds. The van der Waals surface area contributed by atoms with Crippen LogP contribution in [0.15, 0.2) is 66.9 Å². The topological polar surface area (TPSA) is 292 Å². The number of benzene rings is 3. The van der Waals surface area contributed by atoms with Gasteiger partial charge < -0.3 is 57.6 Å². The maximum absolute atomic E-state index is 14.6. The molecule has 1 aromatic heterocycles. The second kappa shape index (κ2) is 22.7. The predicted molar refractivity (Wildman–Crippen MR) is 246 cm³/mol. The lowest BCUT2D eigenvalue weighted by molar-refractivity contribution is -0.141. The van der Waals surface area contributed by atoms with Gasteiger partial charge in [0.2, 0.25) is 23.6 Å². The van der Waals surface area contributed by atoms with E-state index in [9.17, 15) is 24.0 Å². The fourth-order valence-corrected chi connectivity index (χ4v) is 7.22. The lowest BCUT2D eigenvalue weighted by Crippen LogP contribution is -2.56. The molecule has 1 aliphatic heterocycles. The summed E-state index contributed by atoms with van der Waals surface area (Å²) in [6, 6.07) is 14.2. The standard InChI is InChI=1S/C47H59N11O8/c1-27-35(26-53-41(54-27)30-8-11-32(12-9-30)66-47(3,4)5)43(60)56-36(15-16-48)46(63)58(6)40-31-10-14-39(65-22-19-51)34(25-31)33-23-29(7-13-38(33)64-21-18-50)24-37(44(61)52-20-17-49)57-42(59)28(2)55-45(40)62/h7-14,23,25-26,28,36-37,40H,15-16,18-22,24,48,50-51H2,1-6H3,(H,52,61)(H,55,62)(H,56,60)(H,57,59)/t28-,36-,37-,40-/m0/s1. The van der Waals surface area contributed by atoms with Crippen LogP contribution in [0.25, 0.3) is 22.5 Å². The maximum atomic E-state index is 14.6. The zero-order valence-corrected chi connectivity index (χ0v) is 38.1. The van der Waals surface area contributed by atoms with Gasteiger partial charge in [0.1, 0.15) is 66.8 Å². The number of amides is 5. The molecule has 66 heavy (non-hydrogen) atoms. The Labute approximate surface area is 384 Å². The monoisotopic (exact) mass is 905 g/mol. The van der Waals surface area contributed by atoms with Crippen LogP contribution in [0.1, 0.15) is 67.3 Å². The number of fused-ring (bicyclic) bond motifs is 5. The number of nitrogens with one attached hydrogen (secondary N) is 4. The van der Waals surface area contributed by atoms with Gasteiger partial charge in [-0.15, -0.1) is 0 Å².